The van der Waals surface area contributed by atoms with Crippen LogP contribution in [0.1, 0.15) is 49.3 Å². The van der Waals surface area contributed by atoms with Crippen LogP contribution in [-0.2, 0) is 33.7 Å². The number of aromatic amines is 1. The number of ketones is 1. The zero-order valence-corrected chi connectivity index (χ0v) is 25.2. The summed E-state index contributed by atoms with van der Waals surface area (Å²) in [6.45, 7) is 5.90. The SMILES string of the molecule is Cc1cc(CC(=O)[C@H](CC/C=C/C(=O)N(C)C)OC(=O)N(C)C)c(=O)n(Cc2nc3c(F)cnc(CC(C)C)c3[nH]2)c1. The number of nitrogens with zero attached hydrogens (tertiary/aromatic N) is 5. The molecule has 0 fully saturated rings. The highest BCUT2D eigenvalue weighted by atomic mass is 19.1. The Morgan fingerprint density at radius 1 is 1.17 bits per heavy atom. The topological polar surface area (TPSA) is 130 Å². The first kappa shape index (κ1) is 32.2. The Morgan fingerprint density at radius 3 is 2.52 bits per heavy atom. The van der Waals surface area contributed by atoms with Crippen molar-refractivity contribution in [1.82, 2.24) is 29.3 Å². The Bertz CT molecular complexity index is 1540. The second-order valence-electron chi connectivity index (χ2n) is 11.2. The number of pyridine rings is 2. The Labute approximate surface area is 244 Å². The van der Waals surface area contributed by atoms with E-state index in [9.17, 15) is 23.6 Å². The molecule has 0 spiro atoms. The first-order chi connectivity index (χ1) is 19.8. The van der Waals surface area contributed by atoms with E-state index in [0.717, 1.165) is 11.8 Å². The van der Waals surface area contributed by atoms with E-state index < -0.39 is 29.4 Å². The highest BCUT2D eigenvalue weighted by Gasteiger charge is 2.25. The standard InChI is InChI=1S/C30H39FN6O5/c1-18(2)12-22-28-27(21(31)15-32-22)33-25(34-28)17-37-16-19(3)13-20(29(37)40)14-23(38)24(42-30(41)36(6)7)10-8-9-11-26(39)35(4)5/h9,11,13,15-16,18,24H,8,10,12,14,17H2,1-7H3,(H,33,34)/b11-9+/t24-/m0/s1. The van der Waals surface area contributed by atoms with Crippen molar-refractivity contribution >= 4 is 28.8 Å². The number of H-pyrrole nitrogens is 1. The largest absolute Gasteiger partial charge is 0.438 e. The summed E-state index contributed by atoms with van der Waals surface area (Å²) in [5, 5.41) is 0. The highest BCUT2D eigenvalue weighted by Crippen LogP contribution is 2.21. The second-order valence-corrected chi connectivity index (χ2v) is 11.2. The van der Waals surface area contributed by atoms with Gasteiger partial charge in [-0.3, -0.25) is 19.4 Å². The van der Waals surface area contributed by atoms with E-state index in [1.54, 1.807) is 39.4 Å². The molecule has 1 N–H and O–H groups in total. The number of aromatic nitrogens is 4. The molecule has 0 saturated carbocycles. The number of nitrogens with one attached hydrogen (secondary N) is 1. The van der Waals surface area contributed by atoms with E-state index in [1.165, 1.54) is 34.5 Å². The van der Waals surface area contributed by atoms with E-state index in [-0.39, 0.29) is 36.4 Å². The van der Waals surface area contributed by atoms with Crippen molar-refractivity contribution in [1.29, 1.82) is 0 Å². The number of amides is 2. The van der Waals surface area contributed by atoms with Gasteiger partial charge in [0.1, 0.15) is 11.3 Å². The fourth-order valence-corrected chi connectivity index (χ4v) is 4.34. The van der Waals surface area contributed by atoms with Gasteiger partial charge in [-0.15, -0.1) is 0 Å². The van der Waals surface area contributed by atoms with Gasteiger partial charge in [0.05, 0.1) is 24.0 Å². The van der Waals surface area contributed by atoms with Crippen LogP contribution < -0.4 is 5.56 Å². The lowest BCUT2D eigenvalue weighted by atomic mass is 10.0. The minimum absolute atomic E-state index is 0.0285. The van der Waals surface area contributed by atoms with Gasteiger partial charge in [0, 0.05) is 46.4 Å². The summed E-state index contributed by atoms with van der Waals surface area (Å²) in [7, 11) is 6.26. The zero-order chi connectivity index (χ0) is 31.1. The number of carbonyl (C=O) groups is 3. The third kappa shape index (κ3) is 8.34. The maximum Gasteiger partial charge on any atom is 0.409 e. The van der Waals surface area contributed by atoms with Gasteiger partial charge < -0.3 is 24.1 Å². The van der Waals surface area contributed by atoms with Crippen molar-refractivity contribution in [2.75, 3.05) is 28.2 Å². The van der Waals surface area contributed by atoms with Crippen LogP contribution in [0.4, 0.5) is 9.18 Å². The summed E-state index contributed by atoms with van der Waals surface area (Å²) in [6.07, 6.45) is 4.83. The van der Waals surface area contributed by atoms with Crippen LogP contribution in [-0.4, -0.2) is 81.4 Å². The molecule has 0 aliphatic heterocycles. The quantitative estimate of drug-likeness (QED) is 0.324. The number of hydrogen-bond acceptors (Lipinski definition) is 7. The number of hydrogen-bond donors (Lipinski definition) is 1. The van der Waals surface area contributed by atoms with E-state index >= 15 is 0 Å². The predicted octanol–water partition coefficient (Wildman–Crippen LogP) is 3.42. The second kappa shape index (κ2) is 14.0. The summed E-state index contributed by atoms with van der Waals surface area (Å²) in [4.78, 5) is 65.2. The average Bonchev–Trinajstić information content (AvgIpc) is 3.34. The van der Waals surface area contributed by atoms with Crippen molar-refractivity contribution in [3.63, 3.8) is 0 Å². The number of Topliss-reactive ketones (excluding diaryl/α,β-unsaturated/α-hetero) is 1. The molecule has 3 rings (SSSR count). The third-order valence-electron chi connectivity index (χ3n) is 6.45. The average molecular weight is 583 g/mol. The monoisotopic (exact) mass is 582 g/mol. The molecule has 0 bridgehead atoms. The lowest BCUT2D eigenvalue weighted by Crippen LogP contribution is -2.35. The normalized spacial score (nSPS) is 12.2. The number of rotatable bonds is 12. The Kier molecular flexibility index (Phi) is 10.7. The lowest BCUT2D eigenvalue weighted by molar-refractivity contribution is -0.127. The number of aryl methyl sites for hydroxylation is 1. The fourth-order valence-electron chi connectivity index (χ4n) is 4.34. The number of likely N-dealkylation sites (N-methyl/N-ethyl adjacent to an activating group) is 1. The number of ether oxygens (including phenoxy) is 1. The number of fused-ring (bicyclic) bond motifs is 1. The first-order valence-corrected chi connectivity index (χ1v) is 13.8. The minimum atomic E-state index is -1.11. The summed E-state index contributed by atoms with van der Waals surface area (Å²) >= 11 is 0. The molecule has 3 aromatic heterocycles. The molecule has 0 aromatic carbocycles. The molecule has 3 heterocycles. The molecule has 12 heteroatoms. The van der Waals surface area contributed by atoms with Gasteiger partial charge in [-0.1, -0.05) is 19.9 Å². The molecule has 0 unspecified atom stereocenters. The van der Waals surface area contributed by atoms with Crippen molar-refractivity contribution in [3.8, 4) is 0 Å². The molecule has 11 nitrogen and oxygen atoms in total. The maximum absolute atomic E-state index is 14.5. The molecule has 1 atom stereocenters. The van der Waals surface area contributed by atoms with E-state index in [2.05, 4.69) is 15.0 Å². The van der Waals surface area contributed by atoms with Crippen molar-refractivity contribution in [2.45, 2.75) is 59.1 Å². The summed E-state index contributed by atoms with van der Waals surface area (Å²) < 4.78 is 21.3. The molecule has 0 aliphatic carbocycles. The number of halogens is 1. The molecule has 42 heavy (non-hydrogen) atoms. The van der Waals surface area contributed by atoms with Crippen molar-refractivity contribution < 1.29 is 23.5 Å². The van der Waals surface area contributed by atoms with Crippen molar-refractivity contribution in [2.24, 2.45) is 5.92 Å². The molecule has 3 aromatic rings. The molecule has 226 valence electrons. The molecular weight excluding hydrogens is 543 g/mol. The molecule has 0 saturated heterocycles. The first-order valence-electron chi connectivity index (χ1n) is 13.8. The van der Waals surface area contributed by atoms with Gasteiger partial charge in [-0.2, -0.15) is 0 Å². The van der Waals surface area contributed by atoms with Crippen LogP contribution in [0.15, 0.2) is 35.4 Å². The van der Waals surface area contributed by atoms with E-state index in [1.807, 2.05) is 13.8 Å². The van der Waals surface area contributed by atoms with Crippen LogP contribution in [0, 0.1) is 18.7 Å². The summed E-state index contributed by atoms with van der Waals surface area (Å²) in [6, 6.07) is 1.63. The Morgan fingerprint density at radius 2 is 1.88 bits per heavy atom. The lowest BCUT2D eigenvalue weighted by Gasteiger charge is -2.19. The zero-order valence-electron chi connectivity index (χ0n) is 25.2. The minimum Gasteiger partial charge on any atom is -0.438 e. The predicted molar refractivity (Wildman–Crippen MR) is 157 cm³/mol. The van der Waals surface area contributed by atoms with Crippen LogP contribution in [0.25, 0.3) is 11.0 Å². The van der Waals surface area contributed by atoms with Gasteiger partial charge in [0.2, 0.25) is 5.91 Å². The number of carbonyl (C=O) groups excluding carboxylic acids is 3. The molecule has 0 aliphatic rings. The number of imidazole rings is 1. The molecular formula is C30H39FN6O5. The number of allylic oxidation sites excluding steroid dienone is 1. The fraction of sp³-hybridized carbons (Fsp3) is 0.467. The third-order valence-corrected chi connectivity index (χ3v) is 6.45. The molecule has 2 amide bonds. The summed E-state index contributed by atoms with van der Waals surface area (Å²) in [5.74, 6) is -0.522. The van der Waals surface area contributed by atoms with Gasteiger partial charge in [-0.05, 0) is 49.8 Å². The summed E-state index contributed by atoms with van der Waals surface area (Å²) in [5.41, 5.74) is 1.91. The van der Waals surface area contributed by atoms with Gasteiger partial charge in [-0.25, -0.2) is 14.2 Å². The van der Waals surface area contributed by atoms with Crippen LogP contribution in [0.3, 0.4) is 0 Å². The smallest absolute Gasteiger partial charge is 0.409 e. The van der Waals surface area contributed by atoms with Crippen molar-refractivity contribution in [3.05, 3.63) is 69.4 Å². The van der Waals surface area contributed by atoms with Gasteiger partial charge >= 0.3 is 6.09 Å². The highest BCUT2D eigenvalue weighted by molar-refractivity contribution is 5.88. The van der Waals surface area contributed by atoms with E-state index in [0.29, 0.717) is 35.8 Å². The van der Waals surface area contributed by atoms with Crippen LogP contribution >= 0.6 is 0 Å². The van der Waals surface area contributed by atoms with Crippen LogP contribution in [0.5, 0.6) is 0 Å². The molecule has 0 radical (unpaired) electrons. The Balaban J connectivity index is 1.85. The van der Waals surface area contributed by atoms with E-state index in [4.69, 9.17) is 4.74 Å². The van der Waals surface area contributed by atoms with Gasteiger partial charge in [0.15, 0.2) is 17.7 Å². The Hall–Kier alpha value is -4.35. The maximum atomic E-state index is 14.5. The van der Waals surface area contributed by atoms with Gasteiger partial charge in [0.25, 0.3) is 5.56 Å². The van der Waals surface area contributed by atoms with Crippen LogP contribution in [0.2, 0.25) is 0 Å².